The lowest BCUT2D eigenvalue weighted by molar-refractivity contribution is 0.0952. The van der Waals surface area contributed by atoms with Gasteiger partial charge in [0.1, 0.15) is 11.6 Å². The summed E-state index contributed by atoms with van der Waals surface area (Å²) in [5.41, 5.74) is 0.255. The molecule has 0 spiro atoms. The van der Waals surface area contributed by atoms with Crippen LogP contribution < -0.4 is 20.9 Å². The van der Waals surface area contributed by atoms with Gasteiger partial charge in [-0.15, -0.1) is 24.0 Å². The molecule has 3 rings (SSSR count). The van der Waals surface area contributed by atoms with Gasteiger partial charge in [0, 0.05) is 38.4 Å². The fourth-order valence-electron chi connectivity index (χ4n) is 3.29. The maximum atomic E-state index is 12.1. The van der Waals surface area contributed by atoms with E-state index in [4.69, 9.17) is 11.6 Å². The Kier molecular flexibility index (Phi) is 10.1. The third-order valence-corrected chi connectivity index (χ3v) is 5.02. The third kappa shape index (κ3) is 7.13. The van der Waals surface area contributed by atoms with E-state index in [-0.39, 0.29) is 47.2 Å². The number of nitrogens with zero attached hydrogens (tertiary/aromatic N) is 3. The van der Waals surface area contributed by atoms with Crippen molar-refractivity contribution in [3.8, 4) is 5.75 Å². The van der Waals surface area contributed by atoms with Gasteiger partial charge < -0.3 is 26.0 Å². The summed E-state index contributed by atoms with van der Waals surface area (Å²) < 4.78 is 0. The molecule has 1 aromatic carbocycles. The monoisotopic (exact) mass is 558 g/mol. The highest BCUT2D eigenvalue weighted by molar-refractivity contribution is 14.0. The number of nitrogens with one attached hydrogen (secondary N) is 3. The number of aromatic hydroxyl groups is 1. The van der Waals surface area contributed by atoms with Crippen molar-refractivity contribution in [3.63, 3.8) is 0 Å². The van der Waals surface area contributed by atoms with Crippen LogP contribution in [0.15, 0.2) is 47.6 Å². The van der Waals surface area contributed by atoms with Gasteiger partial charge in [0.25, 0.3) is 5.91 Å². The Morgan fingerprint density at radius 2 is 2.10 bits per heavy atom. The molecule has 8 nitrogen and oxygen atoms in total. The van der Waals surface area contributed by atoms with E-state index in [1.54, 1.807) is 24.4 Å². The number of phenolic OH excluding ortho intramolecular Hbond substituents is 1. The number of halogens is 2. The zero-order valence-electron chi connectivity index (χ0n) is 17.3. The fraction of sp³-hybridized carbons (Fsp3) is 0.381. The van der Waals surface area contributed by atoms with Crippen LogP contribution in [0, 0.1) is 0 Å². The Labute approximate surface area is 204 Å². The molecule has 2 aromatic rings. The van der Waals surface area contributed by atoms with Crippen LogP contribution in [0.2, 0.25) is 5.02 Å². The lowest BCUT2D eigenvalue weighted by atomic mass is 10.2. The maximum absolute atomic E-state index is 12.1. The number of guanidine groups is 1. The van der Waals surface area contributed by atoms with Crippen LogP contribution in [0.1, 0.15) is 23.7 Å². The van der Waals surface area contributed by atoms with Crippen LogP contribution in [0.5, 0.6) is 5.75 Å². The number of aromatic nitrogens is 1. The Hall–Kier alpha value is -2.27. The molecular weight excluding hydrogens is 531 g/mol. The Morgan fingerprint density at radius 1 is 1.29 bits per heavy atom. The molecule has 0 saturated carbocycles. The highest BCUT2D eigenvalue weighted by Gasteiger charge is 2.25. The van der Waals surface area contributed by atoms with E-state index in [0.717, 1.165) is 31.9 Å². The summed E-state index contributed by atoms with van der Waals surface area (Å²) in [4.78, 5) is 23.2. The molecular formula is C21H28ClIN6O2. The first-order valence-electron chi connectivity index (χ1n) is 10.0. The van der Waals surface area contributed by atoms with E-state index in [2.05, 4.69) is 30.8 Å². The average Bonchev–Trinajstić information content (AvgIpc) is 3.20. The number of hydrogen-bond donors (Lipinski definition) is 4. The molecule has 1 aromatic heterocycles. The van der Waals surface area contributed by atoms with Crippen LogP contribution in [0.25, 0.3) is 0 Å². The number of aliphatic imine (C=N–C) groups is 1. The van der Waals surface area contributed by atoms with E-state index in [9.17, 15) is 9.90 Å². The van der Waals surface area contributed by atoms with Crippen molar-refractivity contribution >= 4 is 53.3 Å². The number of phenols is 1. The maximum Gasteiger partial charge on any atom is 0.255 e. The molecule has 10 heteroatoms. The largest absolute Gasteiger partial charge is 0.507 e. The zero-order chi connectivity index (χ0) is 21.3. The molecule has 0 aliphatic carbocycles. The first-order chi connectivity index (χ1) is 14.6. The van der Waals surface area contributed by atoms with Gasteiger partial charge in [-0.2, -0.15) is 0 Å². The fourth-order valence-corrected chi connectivity index (χ4v) is 3.53. The summed E-state index contributed by atoms with van der Waals surface area (Å²) >= 11 is 6.26. The van der Waals surface area contributed by atoms with E-state index in [1.165, 1.54) is 6.07 Å². The third-order valence-electron chi connectivity index (χ3n) is 4.73. The smallest absolute Gasteiger partial charge is 0.255 e. The van der Waals surface area contributed by atoms with Crippen molar-refractivity contribution in [1.82, 2.24) is 20.9 Å². The first kappa shape index (κ1) is 25.0. The summed E-state index contributed by atoms with van der Waals surface area (Å²) in [6, 6.07) is 10.4. The van der Waals surface area contributed by atoms with Gasteiger partial charge in [-0.05, 0) is 37.6 Å². The molecule has 168 valence electrons. The molecule has 1 aliphatic rings. The second-order valence-electron chi connectivity index (χ2n) is 6.92. The SMILES string of the molecule is CCNC(=NCCNC(=O)c1ccccc1O)NC1CCN(c2ncccc2Cl)C1.I. The van der Waals surface area contributed by atoms with Gasteiger partial charge in [0.2, 0.25) is 0 Å². The van der Waals surface area contributed by atoms with Crippen LogP contribution >= 0.6 is 35.6 Å². The van der Waals surface area contributed by atoms with Crippen molar-refractivity contribution < 1.29 is 9.90 Å². The molecule has 0 bridgehead atoms. The van der Waals surface area contributed by atoms with Gasteiger partial charge in [0.15, 0.2) is 5.96 Å². The van der Waals surface area contributed by atoms with E-state index >= 15 is 0 Å². The van der Waals surface area contributed by atoms with Crippen LogP contribution in [-0.2, 0) is 0 Å². The number of rotatable bonds is 7. The van der Waals surface area contributed by atoms with Gasteiger partial charge in [-0.3, -0.25) is 9.79 Å². The second-order valence-corrected chi connectivity index (χ2v) is 7.33. The summed E-state index contributed by atoms with van der Waals surface area (Å²) in [6.07, 6.45) is 2.69. The lowest BCUT2D eigenvalue weighted by Crippen LogP contribution is -2.45. The molecule has 1 unspecified atom stereocenters. The number of benzene rings is 1. The predicted molar refractivity (Wildman–Crippen MR) is 135 cm³/mol. The minimum Gasteiger partial charge on any atom is -0.507 e. The highest BCUT2D eigenvalue weighted by atomic mass is 127. The van der Waals surface area contributed by atoms with Crippen LogP contribution in [0.3, 0.4) is 0 Å². The van der Waals surface area contributed by atoms with E-state index < -0.39 is 0 Å². The highest BCUT2D eigenvalue weighted by Crippen LogP contribution is 2.25. The molecule has 2 heterocycles. The Bertz CT molecular complexity index is 898. The van der Waals surface area contributed by atoms with Gasteiger partial charge in [-0.1, -0.05) is 23.7 Å². The zero-order valence-corrected chi connectivity index (χ0v) is 20.4. The van der Waals surface area contributed by atoms with Crippen molar-refractivity contribution in [1.29, 1.82) is 0 Å². The number of para-hydroxylation sites is 1. The normalized spacial score (nSPS) is 15.9. The average molecular weight is 559 g/mol. The molecule has 1 fully saturated rings. The summed E-state index contributed by atoms with van der Waals surface area (Å²) in [5.74, 6) is 1.15. The molecule has 1 atom stereocenters. The lowest BCUT2D eigenvalue weighted by Gasteiger charge is -2.20. The van der Waals surface area contributed by atoms with E-state index in [0.29, 0.717) is 24.1 Å². The Balaban J connectivity index is 0.00000341. The molecule has 1 amide bonds. The van der Waals surface area contributed by atoms with Gasteiger partial charge >= 0.3 is 0 Å². The number of hydrogen-bond acceptors (Lipinski definition) is 5. The van der Waals surface area contributed by atoms with Crippen molar-refractivity contribution in [2.75, 3.05) is 37.6 Å². The summed E-state index contributed by atoms with van der Waals surface area (Å²) in [7, 11) is 0. The predicted octanol–water partition coefficient (Wildman–Crippen LogP) is 2.62. The number of carbonyl (C=O) groups is 1. The number of anilines is 1. The second kappa shape index (κ2) is 12.6. The summed E-state index contributed by atoms with van der Waals surface area (Å²) in [5, 5.41) is 19.8. The van der Waals surface area contributed by atoms with Gasteiger partial charge in [-0.25, -0.2) is 4.98 Å². The van der Waals surface area contributed by atoms with Crippen LogP contribution in [0.4, 0.5) is 5.82 Å². The topological polar surface area (TPSA) is 102 Å². The molecule has 4 N–H and O–H groups in total. The van der Waals surface area contributed by atoms with Crippen LogP contribution in [-0.4, -0.2) is 60.7 Å². The van der Waals surface area contributed by atoms with Crippen molar-refractivity contribution in [2.24, 2.45) is 4.99 Å². The molecule has 0 radical (unpaired) electrons. The molecule has 1 saturated heterocycles. The quantitative estimate of drug-likeness (QED) is 0.180. The summed E-state index contributed by atoms with van der Waals surface area (Å²) in [6.45, 7) is 5.17. The van der Waals surface area contributed by atoms with E-state index in [1.807, 2.05) is 19.1 Å². The van der Waals surface area contributed by atoms with Gasteiger partial charge in [0.05, 0.1) is 17.1 Å². The number of amides is 1. The molecule has 31 heavy (non-hydrogen) atoms. The van der Waals surface area contributed by atoms with Crippen molar-refractivity contribution in [2.45, 2.75) is 19.4 Å². The molecule has 1 aliphatic heterocycles. The minimum atomic E-state index is -0.320. The Morgan fingerprint density at radius 3 is 2.84 bits per heavy atom. The van der Waals surface area contributed by atoms with Crippen molar-refractivity contribution in [3.05, 3.63) is 53.2 Å². The number of carbonyl (C=O) groups excluding carboxylic acids is 1. The minimum absolute atomic E-state index is 0. The number of pyridine rings is 1. The standard InChI is InChI=1S/C21H27ClN6O2.HI/c1-2-23-21(26-12-11-25-20(30)16-6-3-4-8-18(16)29)27-15-9-13-28(14-15)19-17(22)7-5-10-24-19;/h3-8,10,15,29H,2,9,11-14H2,1H3,(H,25,30)(H2,23,26,27);1H. The first-order valence-corrected chi connectivity index (χ1v) is 10.4.